The molecule has 0 unspecified atom stereocenters. The first-order valence-electron chi connectivity index (χ1n) is 6.88. The third-order valence-corrected chi connectivity index (χ3v) is 3.99. The van der Waals surface area contributed by atoms with E-state index in [9.17, 15) is 0 Å². The Hall–Kier alpha value is -1.38. The molecule has 1 aromatic rings. The topological polar surface area (TPSA) is 38.5 Å². The van der Waals surface area contributed by atoms with Gasteiger partial charge in [0.2, 0.25) is 0 Å². The van der Waals surface area contributed by atoms with Crippen molar-refractivity contribution >= 4 is 11.4 Å². The predicted octanol–water partition coefficient (Wildman–Crippen LogP) is 3.44. The van der Waals surface area contributed by atoms with Gasteiger partial charge in [0.15, 0.2) is 0 Å². The van der Waals surface area contributed by atoms with Crippen molar-refractivity contribution in [2.75, 3.05) is 24.8 Å². The summed E-state index contributed by atoms with van der Waals surface area (Å²) in [6.45, 7) is 0. The van der Waals surface area contributed by atoms with Crippen LogP contribution in [0.4, 0.5) is 11.4 Å². The largest absolute Gasteiger partial charge is 0.497 e. The van der Waals surface area contributed by atoms with Crippen LogP contribution in [0.3, 0.4) is 0 Å². The van der Waals surface area contributed by atoms with Gasteiger partial charge in [0.05, 0.1) is 18.5 Å². The minimum atomic E-state index is 0.628. The number of nitrogens with zero attached hydrogens (tertiary/aromatic N) is 1. The molecule has 0 atom stereocenters. The van der Waals surface area contributed by atoms with Crippen LogP contribution in [0.2, 0.25) is 0 Å². The zero-order valence-electron chi connectivity index (χ0n) is 11.5. The van der Waals surface area contributed by atoms with Crippen LogP contribution in [0.15, 0.2) is 18.2 Å². The van der Waals surface area contributed by atoms with E-state index in [0.717, 1.165) is 17.1 Å². The average Bonchev–Trinajstić information content (AvgIpc) is 2.66. The zero-order chi connectivity index (χ0) is 13.0. The van der Waals surface area contributed by atoms with Crippen LogP contribution in [0.25, 0.3) is 0 Å². The first-order valence-corrected chi connectivity index (χ1v) is 6.88. The Bertz CT molecular complexity index is 384. The van der Waals surface area contributed by atoms with E-state index in [0.29, 0.717) is 6.04 Å². The van der Waals surface area contributed by atoms with E-state index in [-0.39, 0.29) is 0 Å². The molecule has 0 aromatic heterocycles. The molecule has 3 heteroatoms. The lowest BCUT2D eigenvalue weighted by Gasteiger charge is -2.30. The number of methoxy groups -OCH3 is 1. The Morgan fingerprint density at radius 3 is 2.39 bits per heavy atom. The van der Waals surface area contributed by atoms with Gasteiger partial charge in [-0.15, -0.1) is 0 Å². The van der Waals surface area contributed by atoms with E-state index < -0.39 is 0 Å². The summed E-state index contributed by atoms with van der Waals surface area (Å²) < 4.78 is 5.20. The van der Waals surface area contributed by atoms with Crippen molar-refractivity contribution < 1.29 is 4.74 Å². The molecule has 0 saturated heterocycles. The van der Waals surface area contributed by atoms with Gasteiger partial charge in [-0.1, -0.05) is 25.7 Å². The van der Waals surface area contributed by atoms with E-state index in [4.69, 9.17) is 10.5 Å². The lowest BCUT2D eigenvalue weighted by molar-refractivity contribution is 0.415. The summed E-state index contributed by atoms with van der Waals surface area (Å²) in [6, 6.07) is 6.59. The first kappa shape index (κ1) is 13.1. The van der Waals surface area contributed by atoms with Crippen molar-refractivity contribution in [2.24, 2.45) is 0 Å². The molecule has 2 N–H and O–H groups in total. The minimum absolute atomic E-state index is 0.628. The summed E-state index contributed by atoms with van der Waals surface area (Å²) in [5, 5.41) is 0. The molecule has 1 aliphatic carbocycles. The van der Waals surface area contributed by atoms with Crippen molar-refractivity contribution in [1.82, 2.24) is 0 Å². The molecule has 1 saturated carbocycles. The Kier molecular flexibility index (Phi) is 4.34. The molecule has 0 amide bonds. The average molecular weight is 248 g/mol. The number of benzene rings is 1. The summed E-state index contributed by atoms with van der Waals surface area (Å²) in [6.07, 6.45) is 7.99. The van der Waals surface area contributed by atoms with Crippen LogP contribution in [-0.4, -0.2) is 20.2 Å². The number of hydrogen-bond donors (Lipinski definition) is 1. The second-order valence-corrected chi connectivity index (χ2v) is 5.18. The van der Waals surface area contributed by atoms with Crippen LogP contribution in [0.5, 0.6) is 5.75 Å². The maximum Gasteiger partial charge on any atom is 0.121 e. The summed E-state index contributed by atoms with van der Waals surface area (Å²) in [5.74, 6) is 0.825. The van der Waals surface area contributed by atoms with Crippen LogP contribution in [0.1, 0.15) is 38.5 Å². The highest BCUT2D eigenvalue weighted by molar-refractivity contribution is 5.69. The Balaban J connectivity index is 2.14. The molecule has 1 aromatic carbocycles. The Labute approximate surface area is 110 Å². The third-order valence-electron chi connectivity index (χ3n) is 3.99. The van der Waals surface area contributed by atoms with Gasteiger partial charge in [0.25, 0.3) is 0 Å². The number of anilines is 2. The highest BCUT2D eigenvalue weighted by atomic mass is 16.5. The van der Waals surface area contributed by atoms with E-state index in [1.807, 2.05) is 12.1 Å². The van der Waals surface area contributed by atoms with Gasteiger partial charge in [-0.05, 0) is 25.0 Å². The summed E-state index contributed by atoms with van der Waals surface area (Å²) in [7, 11) is 3.83. The maximum atomic E-state index is 6.12. The highest BCUT2D eigenvalue weighted by Gasteiger charge is 2.18. The standard InChI is InChI=1S/C15H24N2O/c1-17(12-7-5-3-4-6-8-12)15-10-9-13(18-2)11-14(15)16/h9-12H,3-8,16H2,1-2H3. The third kappa shape index (κ3) is 2.89. The quantitative estimate of drug-likeness (QED) is 0.658. The van der Waals surface area contributed by atoms with Gasteiger partial charge < -0.3 is 15.4 Å². The summed E-state index contributed by atoms with van der Waals surface area (Å²) in [5.41, 5.74) is 8.06. The summed E-state index contributed by atoms with van der Waals surface area (Å²) in [4.78, 5) is 2.35. The molecule has 3 nitrogen and oxygen atoms in total. The van der Waals surface area contributed by atoms with Gasteiger partial charge in [0, 0.05) is 19.2 Å². The smallest absolute Gasteiger partial charge is 0.121 e. The molecule has 0 spiro atoms. The Morgan fingerprint density at radius 1 is 1.17 bits per heavy atom. The number of hydrogen-bond acceptors (Lipinski definition) is 3. The molecule has 1 aliphatic rings. The van der Waals surface area contributed by atoms with Crippen LogP contribution >= 0.6 is 0 Å². The first-order chi connectivity index (χ1) is 8.72. The number of ether oxygens (including phenoxy) is 1. The van der Waals surface area contributed by atoms with Crippen molar-refractivity contribution in [2.45, 2.75) is 44.6 Å². The fourth-order valence-electron chi connectivity index (χ4n) is 2.82. The minimum Gasteiger partial charge on any atom is -0.497 e. The summed E-state index contributed by atoms with van der Waals surface area (Å²) >= 11 is 0. The molecular formula is C15H24N2O. The molecule has 0 radical (unpaired) electrons. The number of nitrogens with two attached hydrogens (primary N) is 1. The van der Waals surface area contributed by atoms with Gasteiger partial charge in [-0.3, -0.25) is 0 Å². The fourth-order valence-corrected chi connectivity index (χ4v) is 2.82. The lowest BCUT2D eigenvalue weighted by Crippen LogP contribution is -2.31. The van der Waals surface area contributed by atoms with Gasteiger partial charge in [-0.2, -0.15) is 0 Å². The molecule has 18 heavy (non-hydrogen) atoms. The van der Waals surface area contributed by atoms with Gasteiger partial charge >= 0.3 is 0 Å². The SMILES string of the molecule is COc1ccc(N(C)C2CCCCCC2)c(N)c1. The molecular weight excluding hydrogens is 224 g/mol. The molecule has 2 rings (SSSR count). The zero-order valence-corrected chi connectivity index (χ0v) is 11.5. The molecule has 0 aliphatic heterocycles. The van der Waals surface area contributed by atoms with Crippen molar-refractivity contribution in [1.29, 1.82) is 0 Å². The van der Waals surface area contributed by atoms with E-state index in [2.05, 4.69) is 18.0 Å². The lowest BCUT2D eigenvalue weighted by atomic mass is 10.1. The second-order valence-electron chi connectivity index (χ2n) is 5.18. The highest BCUT2D eigenvalue weighted by Crippen LogP contribution is 2.31. The normalized spacial score (nSPS) is 17.2. The maximum absolute atomic E-state index is 6.12. The van der Waals surface area contributed by atoms with E-state index in [1.54, 1.807) is 7.11 Å². The molecule has 0 heterocycles. The molecule has 1 fully saturated rings. The predicted molar refractivity (Wildman–Crippen MR) is 77.3 cm³/mol. The number of rotatable bonds is 3. The van der Waals surface area contributed by atoms with Crippen LogP contribution < -0.4 is 15.4 Å². The van der Waals surface area contributed by atoms with E-state index in [1.165, 1.54) is 38.5 Å². The Morgan fingerprint density at radius 2 is 1.83 bits per heavy atom. The van der Waals surface area contributed by atoms with Crippen LogP contribution in [0, 0.1) is 0 Å². The van der Waals surface area contributed by atoms with Crippen LogP contribution in [-0.2, 0) is 0 Å². The molecule has 0 bridgehead atoms. The van der Waals surface area contributed by atoms with Crippen molar-refractivity contribution in [3.05, 3.63) is 18.2 Å². The van der Waals surface area contributed by atoms with Crippen molar-refractivity contribution in [3.63, 3.8) is 0 Å². The van der Waals surface area contributed by atoms with E-state index >= 15 is 0 Å². The number of nitrogen functional groups attached to an aromatic ring is 1. The van der Waals surface area contributed by atoms with Crippen molar-refractivity contribution in [3.8, 4) is 5.75 Å². The fraction of sp³-hybridized carbons (Fsp3) is 0.600. The second kappa shape index (κ2) is 5.98. The molecule has 100 valence electrons. The van der Waals surface area contributed by atoms with Gasteiger partial charge in [0.1, 0.15) is 5.75 Å². The monoisotopic (exact) mass is 248 g/mol. The van der Waals surface area contributed by atoms with Gasteiger partial charge in [-0.25, -0.2) is 0 Å².